The molecule has 8 heteroatoms. The summed E-state index contributed by atoms with van der Waals surface area (Å²) >= 11 is 0. The third-order valence-corrected chi connectivity index (χ3v) is 7.04. The standard InChI is InChI=1S/C17H34N4O2S.HI/c1-4-8-17(3)9-6-11-20(15-17)16(18-5-2)19-10-13-21-12-7-14-24(21,22)23;/h4-15H2,1-3H3,(H,18,19);1H. The van der Waals surface area contributed by atoms with Gasteiger partial charge in [0.2, 0.25) is 10.0 Å². The second-order valence-electron chi connectivity index (χ2n) is 7.39. The van der Waals surface area contributed by atoms with Crippen LogP contribution in [-0.4, -0.2) is 68.6 Å². The lowest BCUT2D eigenvalue weighted by Crippen LogP contribution is -2.50. The van der Waals surface area contributed by atoms with Crippen molar-refractivity contribution < 1.29 is 8.42 Å². The van der Waals surface area contributed by atoms with Crippen LogP contribution in [0.25, 0.3) is 0 Å². The third-order valence-electron chi connectivity index (χ3n) is 5.08. The van der Waals surface area contributed by atoms with E-state index in [-0.39, 0.29) is 29.7 Å². The maximum absolute atomic E-state index is 11.9. The van der Waals surface area contributed by atoms with E-state index in [1.54, 1.807) is 4.31 Å². The zero-order valence-corrected chi connectivity index (χ0v) is 19.1. The van der Waals surface area contributed by atoms with Gasteiger partial charge in [-0.25, -0.2) is 12.7 Å². The highest BCUT2D eigenvalue weighted by atomic mass is 127. The molecule has 1 atom stereocenters. The number of nitrogens with one attached hydrogen (secondary N) is 1. The molecule has 0 aromatic carbocycles. The lowest BCUT2D eigenvalue weighted by Gasteiger charge is -2.42. The maximum Gasteiger partial charge on any atom is 0.214 e. The molecular weight excluding hydrogens is 451 g/mol. The molecule has 0 radical (unpaired) electrons. The minimum absolute atomic E-state index is 0. The van der Waals surface area contributed by atoms with Gasteiger partial charge in [0.05, 0.1) is 12.3 Å². The Kier molecular flexibility index (Phi) is 9.45. The highest BCUT2D eigenvalue weighted by molar-refractivity contribution is 14.0. The Balaban J connectivity index is 0.00000312. The molecule has 0 spiro atoms. The molecule has 6 nitrogen and oxygen atoms in total. The summed E-state index contributed by atoms with van der Waals surface area (Å²) in [5.74, 6) is 1.23. The molecule has 2 fully saturated rings. The zero-order valence-electron chi connectivity index (χ0n) is 16.0. The van der Waals surface area contributed by atoms with Crippen LogP contribution in [0.2, 0.25) is 0 Å². The van der Waals surface area contributed by atoms with Crippen molar-refractivity contribution in [3.05, 3.63) is 0 Å². The molecule has 0 amide bonds. The van der Waals surface area contributed by atoms with Crippen molar-refractivity contribution >= 4 is 40.0 Å². The summed E-state index contributed by atoms with van der Waals surface area (Å²) in [5, 5.41) is 3.39. The number of halogens is 1. The van der Waals surface area contributed by atoms with E-state index < -0.39 is 10.0 Å². The van der Waals surface area contributed by atoms with Crippen molar-refractivity contribution in [3.8, 4) is 0 Å². The van der Waals surface area contributed by atoms with Crippen LogP contribution >= 0.6 is 24.0 Å². The molecule has 2 aliphatic rings. The molecule has 2 heterocycles. The highest BCUT2D eigenvalue weighted by Gasteiger charge is 2.32. The van der Waals surface area contributed by atoms with Crippen molar-refractivity contribution in [1.82, 2.24) is 14.5 Å². The molecule has 0 bridgehead atoms. The van der Waals surface area contributed by atoms with Gasteiger partial charge < -0.3 is 10.2 Å². The molecule has 1 unspecified atom stereocenters. The predicted octanol–water partition coefficient (Wildman–Crippen LogP) is 2.51. The Morgan fingerprint density at radius 1 is 1.24 bits per heavy atom. The molecule has 148 valence electrons. The molecule has 0 aromatic rings. The molecule has 2 saturated heterocycles. The van der Waals surface area contributed by atoms with Gasteiger partial charge in [0.15, 0.2) is 5.96 Å². The number of piperidine rings is 1. The second kappa shape index (κ2) is 10.3. The van der Waals surface area contributed by atoms with Crippen LogP contribution in [0.3, 0.4) is 0 Å². The number of likely N-dealkylation sites (tertiary alicyclic amines) is 1. The van der Waals surface area contributed by atoms with E-state index in [0.29, 0.717) is 25.0 Å². The van der Waals surface area contributed by atoms with Crippen LogP contribution in [0.5, 0.6) is 0 Å². The van der Waals surface area contributed by atoms with Crippen LogP contribution in [0.15, 0.2) is 4.99 Å². The average Bonchev–Trinajstić information content (AvgIpc) is 2.85. The molecule has 1 N–H and O–H groups in total. The van der Waals surface area contributed by atoms with Gasteiger partial charge in [-0.05, 0) is 38.0 Å². The molecule has 0 aromatic heterocycles. The molecule has 0 aliphatic carbocycles. The highest BCUT2D eigenvalue weighted by Crippen LogP contribution is 2.33. The Hall–Kier alpha value is -0.0900. The largest absolute Gasteiger partial charge is 0.357 e. The lowest BCUT2D eigenvalue weighted by atomic mass is 9.78. The number of rotatable bonds is 6. The Morgan fingerprint density at radius 3 is 2.60 bits per heavy atom. The lowest BCUT2D eigenvalue weighted by molar-refractivity contribution is 0.142. The van der Waals surface area contributed by atoms with E-state index in [0.717, 1.165) is 32.0 Å². The van der Waals surface area contributed by atoms with E-state index >= 15 is 0 Å². The first-order valence-corrected chi connectivity index (χ1v) is 11.0. The third kappa shape index (κ3) is 6.53. The van der Waals surface area contributed by atoms with E-state index in [4.69, 9.17) is 4.99 Å². The van der Waals surface area contributed by atoms with Crippen molar-refractivity contribution in [2.75, 3.05) is 45.0 Å². The summed E-state index contributed by atoms with van der Waals surface area (Å²) < 4.78 is 25.3. The van der Waals surface area contributed by atoms with Crippen LogP contribution < -0.4 is 5.32 Å². The Bertz CT molecular complexity index is 537. The first-order valence-electron chi connectivity index (χ1n) is 9.41. The topological polar surface area (TPSA) is 65.0 Å². The summed E-state index contributed by atoms with van der Waals surface area (Å²) in [5.41, 5.74) is 0.363. The van der Waals surface area contributed by atoms with Gasteiger partial charge in [-0.15, -0.1) is 24.0 Å². The molecule has 2 rings (SSSR count). The summed E-state index contributed by atoms with van der Waals surface area (Å²) in [7, 11) is -3.02. The Labute approximate surface area is 170 Å². The van der Waals surface area contributed by atoms with Crippen LogP contribution in [0.1, 0.15) is 52.9 Å². The van der Waals surface area contributed by atoms with Gasteiger partial charge in [-0.2, -0.15) is 0 Å². The van der Waals surface area contributed by atoms with Crippen LogP contribution in [-0.2, 0) is 10.0 Å². The number of sulfonamides is 1. The predicted molar refractivity (Wildman–Crippen MR) is 115 cm³/mol. The van der Waals surface area contributed by atoms with E-state index in [1.165, 1.54) is 25.7 Å². The summed E-state index contributed by atoms with van der Waals surface area (Å²) in [6.07, 6.45) is 5.68. The fraction of sp³-hybridized carbons (Fsp3) is 0.941. The molecule has 25 heavy (non-hydrogen) atoms. The number of hydrogen-bond donors (Lipinski definition) is 1. The first kappa shape index (κ1) is 23.0. The smallest absolute Gasteiger partial charge is 0.214 e. The van der Waals surface area contributed by atoms with Crippen LogP contribution in [0.4, 0.5) is 0 Å². The Morgan fingerprint density at radius 2 is 2.00 bits per heavy atom. The number of guanidine groups is 1. The van der Waals surface area contributed by atoms with Gasteiger partial charge in [0.25, 0.3) is 0 Å². The fourth-order valence-electron chi connectivity index (χ4n) is 3.94. The van der Waals surface area contributed by atoms with E-state index in [2.05, 4.69) is 31.0 Å². The number of hydrogen-bond acceptors (Lipinski definition) is 3. The van der Waals surface area contributed by atoms with Gasteiger partial charge in [-0.1, -0.05) is 20.3 Å². The van der Waals surface area contributed by atoms with Crippen molar-refractivity contribution in [2.24, 2.45) is 10.4 Å². The zero-order chi connectivity index (χ0) is 17.6. The fourth-order valence-corrected chi connectivity index (χ4v) is 5.46. The number of nitrogens with zero attached hydrogens (tertiary/aromatic N) is 3. The van der Waals surface area contributed by atoms with Gasteiger partial charge in [0.1, 0.15) is 0 Å². The average molecular weight is 486 g/mol. The quantitative estimate of drug-likeness (QED) is 0.356. The molecule has 2 aliphatic heterocycles. The molecular formula is C17H35IN4O2S. The van der Waals surface area contributed by atoms with Gasteiger partial charge in [-0.3, -0.25) is 4.99 Å². The normalized spacial score (nSPS) is 27.2. The monoisotopic (exact) mass is 486 g/mol. The number of aliphatic imine (C=N–C) groups is 1. The SMILES string of the molecule is CCCC1(C)CCCN(C(=NCCN2CCCS2(=O)=O)NCC)C1.I. The van der Waals surface area contributed by atoms with Gasteiger partial charge >= 0.3 is 0 Å². The minimum atomic E-state index is -3.02. The minimum Gasteiger partial charge on any atom is -0.357 e. The van der Waals surface area contributed by atoms with E-state index in [9.17, 15) is 8.42 Å². The summed E-state index contributed by atoms with van der Waals surface area (Å²) in [6, 6.07) is 0. The summed E-state index contributed by atoms with van der Waals surface area (Å²) in [6.45, 7) is 11.3. The summed E-state index contributed by atoms with van der Waals surface area (Å²) in [4.78, 5) is 7.08. The van der Waals surface area contributed by atoms with Crippen molar-refractivity contribution in [2.45, 2.75) is 52.9 Å². The van der Waals surface area contributed by atoms with Crippen molar-refractivity contribution in [3.63, 3.8) is 0 Å². The van der Waals surface area contributed by atoms with Gasteiger partial charge in [0, 0.05) is 32.7 Å². The second-order valence-corrected chi connectivity index (χ2v) is 9.48. The van der Waals surface area contributed by atoms with Crippen LogP contribution in [0, 0.1) is 5.41 Å². The first-order chi connectivity index (χ1) is 11.4. The van der Waals surface area contributed by atoms with E-state index in [1.807, 2.05) is 0 Å². The molecule has 0 saturated carbocycles. The van der Waals surface area contributed by atoms with Crippen molar-refractivity contribution in [1.29, 1.82) is 0 Å². The maximum atomic E-state index is 11.9.